The van der Waals surface area contributed by atoms with Crippen LogP contribution >= 0.6 is 11.3 Å². The van der Waals surface area contributed by atoms with Crippen molar-refractivity contribution in [1.29, 1.82) is 0 Å². The summed E-state index contributed by atoms with van der Waals surface area (Å²) < 4.78 is 5.48. The maximum atomic E-state index is 12.8. The van der Waals surface area contributed by atoms with Crippen LogP contribution in [0.3, 0.4) is 0 Å². The number of aryl methyl sites for hydroxylation is 1. The summed E-state index contributed by atoms with van der Waals surface area (Å²) in [5.41, 5.74) is -0.124. The number of ether oxygens (including phenoxy) is 1. The van der Waals surface area contributed by atoms with Gasteiger partial charge in [-0.25, -0.2) is 0 Å². The first-order chi connectivity index (χ1) is 10.9. The van der Waals surface area contributed by atoms with E-state index in [2.05, 4.69) is 0 Å². The Morgan fingerprint density at radius 2 is 2.09 bits per heavy atom. The number of hydrogen-bond donors (Lipinski definition) is 0. The predicted molar refractivity (Wildman–Crippen MR) is 89.6 cm³/mol. The maximum absolute atomic E-state index is 12.8. The van der Waals surface area contributed by atoms with Crippen LogP contribution in [-0.4, -0.2) is 61.5 Å². The standard InChI is InChI=1S/C17H24N2O3S/c1-12-4-5-15(23-12)16(21)19-8-14-6-7-18(13(2)20)9-17(14,10-19)11-22-3/h4-5,14H,6-11H2,1-3H3/t14-,17+/m1/s1. The van der Waals surface area contributed by atoms with Gasteiger partial charge in [-0.1, -0.05) is 0 Å². The van der Waals surface area contributed by atoms with E-state index in [0.29, 0.717) is 25.6 Å². The van der Waals surface area contributed by atoms with E-state index in [4.69, 9.17) is 4.74 Å². The summed E-state index contributed by atoms with van der Waals surface area (Å²) in [4.78, 5) is 30.4. The first-order valence-electron chi connectivity index (χ1n) is 8.05. The summed E-state index contributed by atoms with van der Waals surface area (Å²) in [6.45, 7) is 7.14. The lowest BCUT2D eigenvalue weighted by atomic mass is 9.74. The molecule has 2 fully saturated rings. The highest BCUT2D eigenvalue weighted by molar-refractivity contribution is 7.13. The van der Waals surface area contributed by atoms with Gasteiger partial charge in [0, 0.05) is 50.5 Å². The van der Waals surface area contributed by atoms with E-state index >= 15 is 0 Å². The Bertz CT molecular complexity index is 615. The van der Waals surface area contributed by atoms with Crippen LogP contribution in [0.2, 0.25) is 0 Å². The molecule has 2 aliphatic rings. The molecule has 2 saturated heterocycles. The smallest absolute Gasteiger partial charge is 0.263 e. The Morgan fingerprint density at radius 3 is 2.70 bits per heavy atom. The van der Waals surface area contributed by atoms with Gasteiger partial charge in [0.25, 0.3) is 5.91 Å². The van der Waals surface area contributed by atoms with Crippen LogP contribution in [0.1, 0.15) is 27.9 Å². The summed E-state index contributed by atoms with van der Waals surface area (Å²) in [6, 6.07) is 3.90. The molecule has 6 heteroatoms. The van der Waals surface area contributed by atoms with Crippen molar-refractivity contribution in [3.8, 4) is 0 Å². The number of fused-ring (bicyclic) bond motifs is 1. The molecule has 0 unspecified atom stereocenters. The van der Waals surface area contributed by atoms with E-state index in [1.165, 1.54) is 0 Å². The Labute approximate surface area is 141 Å². The number of hydrogen-bond acceptors (Lipinski definition) is 4. The highest BCUT2D eigenvalue weighted by atomic mass is 32.1. The van der Waals surface area contributed by atoms with Crippen LogP contribution in [0.25, 0.3) is 0 Å². The Balaban J connectivity index is 1.80. The van der Waals surface area contributed by atoms with Crippen LogP contribution in [-0.2, 0) is 9.53 Å². The molecular weight excluding hydrogens is 312 g/mol. The predicted octanol–water partition coefficient (Wildman–Crippen LogP) is 2.01. The lowest BCUT2D eigenvalue weighted by molar-refractivity contribution is -0.134. The highest BCUT2D eigenvalue weighted by Crippen LogP contribution is 2.43. The topological polar surface area (TPSA) is 49.9 Å². The minimum Gasteiger partial charge on any atom is -0.384 e. The number of thiophene rings is 1. The summed E-state index contributed by atoms with van der Waals surface area (Å²) in [5, 5.41) is 0. The number of carbonyl (C=O) groups is 2. The minimum atomic E-state index is -0.124. The number of carbonyl (C=O) groups excluding carboxylic acids is 2. The normalized spacial score (nSPS) is 27.2. The second-order valence-corrected chi connectivity index (χ2v) is 8.11. The summed E-state index contributed by atoms with van der Waals surface area (Å²) >= 11 is 1.55. The molecule has 2 amide bonds. The molecule has 1 aromatic rings. The molecule has 0 aromatic carbocycles. The van der Waals surface area contributed by atoms with E-state index in [0.717, 1.165) is 29.3 Å². The van der Waals surface area contributed by atoms with E-state index in [-0.39, 0.29) is 17.2 Å². The van der Waals surface area contributed by atoms with Gasteiger partial charge >= 0.3 is 0 Å². The molecule has 5 nitrogen and oxygen atoms in total. The van der Waals surface area contributed by atoms with E-state index in [1.54, 1.807) is 25.4 Å². The molecule has 0 bridgehead atoms. The summed E-state index contributed by atoms with van der Waals surface area (Å²) in [7, 11) is 1.70. The molecule has 0 spiro atoms. The molecule has 0 N–H and O–H groups in total. The Kier molecular flexibility index (Phi) is 4.47. The highest BCUT2D eigenvalue weighted by Gasteiger charge is 2.51. The van der Waals surface area contributed by atoms with Gasteiger partial charge < -0.3 is 14.5 Å². The van der Waals surface area contributed by atoms with Gasteiger partial charge in [-0.05, 0) is 31.4 Å². The van der Waals surface area contributed by atoms with Gasteiger partial charge in [0.15, 0.2) is 0 Å². The summed E-state index contributed by atoms with van der Waals surface area (Å²) in [5.74, 6) is 0.628. The fraction of sp³-hybridized carbons (Fsp3) is 0.647. The molecule has 0 aliphatic carbocycles. The number of piperidine rings is 1. The second-order valence-electron chi connectivity index (χ2n) is 6.82. The molecule has 2 atom stereocenters. The fourth-order valence-electron chi connectivity index (χ4n) is 4.01. The number of amides is 2. The average molecular weight is 336 g/mol. The van der Waals surface area contributed by atoms with E-state index in [9.17, 15) is 9.59 Å². The molecular formula is C17H24N2O3S. The largest absolute Gasteiger partial charge is 0.384 e. The van der Waals surface area contributed by atoms with E-state index in [1.807, 2.05) is 28.9 Å². The van der Waals surface area contributed by atoms with E-state index < -0.39 is 0 Å². The number of likely N-dealkylation sites (tertiary alicyclic amines) is 2. The van der Waals surface area contributed by atoms with Crippen LogP contribution in [0.5, 0.6) is 0 Å². The van der Waals surface area contributed by atoms with Gasteiger partial charge in [-0.15, -0.1) is 11.3 Å². The zero-order valence-corrected chi connectivity index (χ0v) is 14.8. The van der Waals surface area contributed by atoms with Gasteiger partial charge in [-0.3, -0.25) is 9.59 Å². The lowest BCUT2D eigenvalue weighted by Gasteiger charge is -2.43. The number of rotatable bonds is 3. The fourth-order valence-corrected chi connectivity index (χ4v) is 4.84. The van der Waals surface area contributed by atoms with Gasteiger partial charge in [-0.2, -0.15) is 0 Å². The van der Waals surface area contributed by atoms with Crippen LogP contribution in [0.15, 0.2) is 12.1 Å². The number of nitrogens with zero attached hydrogens (tertiary/aromatic N) is 2. The first kappa shape index (κ1) is 16.5. The van der Waals surface area contributed by atoms with Crippen molar-refractivity contribution in [2.45, 2.75) is 20.3 Å². The third-order valence-electron chi connectivity index (χ3n) is 5.18. The van der Waals surface area contributed by atoms with Crippen molar-refractivity contribution in [2.24, 2.45) is 11.3 Å². The summed E-state index contributed by atoms with van der Waals surface area (Å²) in [6.07, 6.45) is 0.941. The lowest BCUT2D eigenvalue weighted by Crippen LogP contribution is -2.52. The quantitative estimate of drug-likeness (QED) is 0.848. The Morgan fingerprint density at radius 1 is 1.35 bits per heavy atom. The van der Waals surface area contributed by atoms with Crippen molar-refractivity contribution in [3.63, 3.8) is 0 Å². The number of methoxy groups -OCH3 is 1. The molecule has 0 radical (unpaired) electrons. The van der Waals surface area contributed by atoms with Crippen molar-refractivity contribution in [2.75, 3.05) is 39.9 Å². The molecule has 3 rings (SSSR count). The first-order valence-corrected chi connectivity index (χ1v) is 8.87. The molecule has 23 heavy (non-hydrogen) atoms. The van der Waals surface area contributed by atoms with Crippen LogP contribution < -0.4 is 0 Å². The van der Waals surface area contributed by atoms with Crippen molar-refractivity contribution < 1.29 is 14.3 Å². The zero-order valence-electron chi connectivity index (χ0n) is 14.0. The van der Waals surface area contributed by atoms with Crippen LogP contribution in [0.4, 0.5) is 0 Å². The van der Waals surface area contributed by atoms with Crippen molar-refractivity contribution in [1.82, 2.24) is 9.80 Å². The monoisotopic (exact) mass is 336 g/mol. The van der Waals surface area contributed by atoms with Crippen LogP contribution in [0, 0.1) is 18.3 Å². The molecule has 3 heterocycles. The van der Waals surface area contributed by atoms with Crippen molar-refractivity contribution in [3.05, 3.63) is 21.9 Å². The zero-order chi connectivity index (χ0) is 16.6. The molecule has 126 valence electrons. The third-order valence-corrected chi connectivity index (χ3v) is 6.17. The maximum Gasteiger partial charge on any atom is 0.263 e. The average Bonchev–Trinajstić information content (AvgIpc) is 3.09. The SMILES string of the molecule is COC[C@@]12CN(C(C)=O)CC[C@@H]1CN(C(=O)c1ccc(C)s1)C2. The molecule has 2 aliphatic heterocycles. The third kappa shape index (κ3) is 3.02. The van der Waals surface area contributed by atoms with Gasteiger partial charge in [0.05, 0.1) is 11.5 Å². The molecule has 1 aromatic heterocycles. The Hall–Kier alpha value is -1.40. The molecule has 0 saturated carbocycles. The van der Waals surface area contributed by atoms with Crippen molar-refractivity contribution >= 4 is 23.2 Å². The second kappa shape index (κ2) is 6.24. The van der Waals surface area contributed by atoms with Gasteiger partial charge in [0.2, 0.25) is 5.91 Å². The minimum absolute atomic E-state index is 0.109. The van der Waals surface area contributed by atoms with Gasteiger partial charge in [0.1, 0.15) is 0 Å².